The standard InChI is InChI=1S/C24H25N5O4/c1-17-16-22(30)23(26-28(17)20-12-6-7-13-21(20)29(32)33)24(31)25-18-10-4-5-11-19(18)27-14-8-2-3-9-15-27/h4-7,10-13,16H,2-3,8-9,14-15H2,1H3,(H,25,31). The molecule has 0 spiro atoms. The Labute approximate surface area is 190 Å². The maximum absolute atomic E-state index is 13.1. The Hall–Kier alpha value is -4.01. The molecule has 0 bridgehead atoms. The molecule has 1 amide bonds. The van der Waals surface area contributed by atoms with Crippen LogP contribution in [0.25, 0.3) is 5.69 Å². The van der Waals surface area contributed by atoms with Crippen molar-refractivity contribution in [3.8, 4) is 5.69 Å². The second-order valence-electron chi connectivity index (χ2n) is 8.03. The van der Waals surface area contributed by atoms with Crippen LogP contribution in [-0.4, -0.2) is 33.7 Å². The highest BCUT2D eigenvalue weighted by Crippen LogP contribution is 2.28. The van der Waals surface area contributed by atoms with Crippen molar-refractivity contribution < 1.29 is 9.72 Å². The fraction of sp³-hybridized carbons (Fsp3) is 0.292. The van der Waals surface area contributed by atoms with Crippen molar-refractivity contribution in [3.05, 3.63) is 86.3 Å². The van der Waals surface area contributed by atoms with Crippen molar-refractivity contribution in [2.75, 3.05) is 23.3 Å². The molecule has 1 aliphatic rings. The maximum atomic E-state index is 13.1. The van der Waals surface area contributed by atoms with Gasteiger partial charge in [0.05, 0.1) is 16.3 Å². The summed E-state index contributed by atoms with van der Waals surface area (Å²) in [5, 5.41) is 18.5. The molecule has 2 aromatic carbocycles. The second-order valence-corrected chi connectivity index (χ2v) is 8.03. The van der Waals surface area contributed by atoms with E-state index in [4.69, 9.17) is 0 Å². The Morgan fingerprint density at radius 2 is 1.64 bits per heavy atom. The van der Waals surface area contributed by atoms with E-state index in [-0.39, 0.29) is 17.1 Å². The molecule has 9 heteroatoms. The highest BCUT2D eigenvalue weighted by Gasteiger charge is 2.21. The Bertz CT molecular complexity index is 1250. The largest absolute Gasteiger partial charge is 0.370 e. The first-order valence-corrected chi connectivity index (χ1v) is 11.0. The second kappa shape index (κ2) is 9.64. The van der Waals surface area contributed by atoms with Gasteiger partial charge in [-0.25, -0.2) is 4.68 Å². The fourth-order valence-corrected chi connectivity index (χ4v) is 4.09. The number of nitro benzene ring substituents is 1. The average molecular weight is 447 g/mol. The third kappa shape index (κ3) is 4.77. The van der Waals surface area contributed by atoms with Gasteiger partial charge < -0.3 is 10.2 Å². The Balaban J connectivity index is 1.69. The van der Waals surface area contributed by atoms with Crippen molar-refractivity contribution in [2.45, 2.75) is 32.6 Å². The molecule has 0 aliphatic carbocycles. The lowest BCUT2D eigenvalue weighted by Crippen LogP contribution is -2.29. The SMILES string of the molecule is Cc1cc(=O)c(C(=O)Nc2ccccc2N2CCCCCC2)nn1-c1ccccc1[N+](=O)[O-]. The van der Waals surface area contributed by atoms with Crippen LogP contribution in [0, 0.1) is 17.0 Å². The van der Waals surface area contributed by atoms with Crippen LogP contribution in [0.5, 0.6) is 0 Å². The molecule has 1 saturated heterocycles. The van der Waals surface area contributed by atoms with Crippen LogP contribution < -0.4 is 15.6 Å². The van der Waals surface area contributed by atoms with E-state index in [1.807, 2.05) is 18.2 Å². The van der Waals surface area contributed by atoms with E-state index in [2.05, 4.69) is 15.3 Å². The highest BCUT2D eigenvalue weighted by atomic mass is 16.6. The minimum absolute atomic E-state index is 0.172. The first kappa shape index (κ1) is 22.2. The van der Waals surface area contributed by atoms with Gasteiger partial charge in [0.15, 0.2) is 5.69 Å². The van der Waals surface area contributed by atoms with Gasteiger partial charge in [-0.1, -0.05) is 37.1 Å². The zero-order valence-electron chi connectivity index (χ0n) is 18.4. The number of nitrogens with one attached hydrogen (secondary N) is 1. The quantitative estimate of drug-likeness (QED) is 0.466. The molecule has 0 radical (unpaired) electrons. The van der Waals surface area contributed by atoms with Crippen molar-refractivity contribution in [2.24, 2.45) is 0 Å². The molecule has 4 rings (SSSR count). The van der Waals surface area contributed by atoms with Crippen LogP contribution in [0.15, 0.2) is 59.4 Å². The molecule has 9 nitrogen and oxygen atoms in total. The monoisotopic (exact) mass is 447 g/mol. The van der Waals surface area contributed by atoms with E-state index in [1.54, 1.807) is 25.1 Å². The van der Waals surface area contributed by atoms with Gasteiger partial charge in [-0.05, 0) is 38.0 Å². The van der Waals surface area contributed by atoms with Gasteiger partial charge in [-0.3, -0.25) is 19.7 Å². The molecule has 0 atom stereocenters. The summed E-state index contributed by atoms with van der Waals surface area (Å²) >= 11 is 0. The Morgan fingerprint density at radius 3 is 2.33 bits per heavy atom. The summed E-state index contributed by atoms with van der Waals surface area (Å²) < 4.78 is 1.26. The number of nitro groups is 1. The topological polar surface area (TPSA) is 110 Å². The van der Waals surface area contributed by atoms with E-state index in [0.29, 0.717) is 11.4 Å². The van der Waals surface area contributed by atoms with Gasteiger partial charge in [-0.15, -0.1) is 0 Å². The molecule has 0 unspecified atom stereocenters. The summed E-state index contributed by atoms with van der Waals surface area (Å²) in [4.78, 5) is 38.9. The zero-order valence-corrected chi connectivity index (χ0v) is 18.4. The first-order chi connectivity index (χ1) is 16.0. The van der Waals surface area contributed by atoms with Crippen LogP contribution in [-0.2, 0) is 0 Å². The molecule has 1 N–H and O–H groups in total. The molecular formula is C24H25N5O4. The molecule has 1 fully saturated rings. The van der Waals surface area contributed by atoms with Gasteiger partial charge in [0, 0.05) is 30.9 Å². The number of hydrogen-bond donors (Lipinski definition) is 1. The molecule has 2 heterocycles. The molecule has 33 heavy (non-hydrogen) atoms. The van der Waals surface area contributed by atoms with E-state index in [9.17, 15) is 19.7 Å². The summed E-state index contributed by atoms with van der Waals surface area (Å²) in [6.45, 7) is 3.42. The van der Waals surface area contributed by atoms with E-state index in [0.717, 1.165) is 31.6 Å². The minimum atomic E-state index is -0.658. The predicted octanol–water partition coefficient (Wildman–Crippen LogP) is 4.08. The average Bonchev–Trinajstić information content (AvgIpc) is 3.09. The maximum Gasteiger partial charge on any atom is 0.294 e. The lowest BCUT2D eigenvalue weighted by molar-refractivity contribution is -0.384. The zero-order chi connectivity index (χ0) is 23.4. The third-order valence-electron chi connectivity index (χ3n) is 5.73. The van der Waals surface area contributed by atoms with Crippen molar-refractivity contribution in [3.63, 3.8) is 0 Å². The normalized spacial score (nSPS) is 13.9. The predicted molar refractivity (Wildman–Crippen MR) is 126 cm³/mol. The minimum Gasteiger partial charge on any atom is -0.370 e. The highest BCUT2D eigenvalue weighted by molar-refractivity contribution is 6.04. The smallest absolute Gasteiger partial charge is 0.294 e. The Kier molecular flexibility index (Phi) is 6.48. The molecule has 170 valence electrons. The number of aromatic nitrogens is 2. The van der Waals surface area contributed by atoms with Gasteiger partial charge in [0.1, 0.15) is 5.69 Å². The lowest BCUT2D eigenvalue weighted by Gasteiger charge is -2.25. The van der Waals surface area contributed by atoms with Crippen molar-refractivity contribution >= 4 is 23.0 Å². The third-order valence-corrected chi connectivity index (χ3v) is 5.73. The number of nitrogens with zero attached hydrogens (tertiary/aromatic N) is 4. The summed E-state index contributed by atoms with van der Waals surface area (Å²) in [5.74, 6) is -0.658. The van der Waals surface area contributed by atoms with Gasteiger partial charge in [0.2, 0.25) is 5.43 Å². The van der Waals surface area contributed by atoms with Crippen LogP contribution >= 0.6 is 0 Å². The van der Waals surface area contributed by atoms with Crippen molar-refractivity contribution in [1.82, 2.24) is 9.78 Å². The number of carbonyl (C=O) groups is 1. The van der Waals surface area contributed by atoms with Crippen molar-refractivity contribution in [1.29, 1.82) is 0 Å². The Morgan fingerprint density at radius 1 is 1.00 bits per heavy atom. The number of aryl methyl sites for hydroxylation is 1. The molecule has 3 aromatic rings. The van der Waals surface area contributed by atoms with E-state index in [1.165, 1.54) is 35.7 Å². The number of rotatable bonds is 5. The summed E-state index contributed by atoms with van der Waals surface area (Å²) in [6.07, 6.45) is 4.54. The summed E-state index contributed by atoms with van der Waals surface area (Å²) in [7, 11) is 0. The van der Waals surface area contributed by atoms with Crippen LogP contribution in [0.2, 0.25) is 0 Å². The number of benzene rings is 2. The van der Waals surface area contributed by atoms with Gasteiger partial charge in [-0.2, -0.15) is 5.10 Å². The van der Waals surface area contributed by atoms with Crippen LogP contribution in [0.3, 0.4) is 0 Å². The molecule has 1 aromatic heterocycles. The van der Waals surface area contributed by atoms with E-state index < -0.39 is 16.3 Å². The molecule has 0 saturated carbocycles. The van der Waals surface area contributed by atoms with Crippen LogP contribution in [0.4, 0.5) is 17.1 Å². The number of amides is 1. The van der Waals surface area contributed by atoms with E-state index >= 15 is 0 Å². The summed E-state index contributed by atoms with van der Waals surface area (Å²) in [6, 6.07) is 14.8. The molecular weight excluding hydrogens is 422 g/mol. The number of para-hydroxylation sites is 4. The van der Waals surface area contributed by atoms with Gasteiger partial charge in [0.25, 0.3) is 11.6 Å². The number of carbonyl (C=O) groups excluding carboxylic acids is 1. The number of anilines is 2. The molecule has 1 aliphatic heterocycles. The number of hydrogen-bond acceptors (Lipinski definition) is 6. The lowest BCUT2D eigenvalue weighted by atomic mass is 10.2. The van der Waals surface area contributed by atoms with Crippen LogP contribution in [0.1, 0.15) is 41.9 Å². The van der Waals surface area contributed by atoms with Gasteiger partial charge >= 0.3 is 0 Å². The fourth-order valence-electron chi connectivity index (χ4n) is 4.09. The summed E-state index contributed by atoms with van der Waals surface area (Å²) in [5.41, 5.74) is 1.02. The first-order valence-electron chi connectivity index (χ1n) is 11.0.